The monoisotopic (exact) mass is 204 g/mol. The van der Waals surface area contributed by atoms with Crippen molar-refractivity contribution in [2.24, 2.45) is 0 Å². The van der Waals surface area contributed by atoms with Gasteiger partial charge in [-0.2, -0.15) is 0 Å². The third-order valence-electron chi connectivity index (χ3n) is 3.74. The van der Waals surface area contributed by atoms with Crippen molar-refractivity contribution >= 4 is 0 Å². The van der Waals surface area contributed by atoms with Gasteiger partial charge in [0.05, 0.1) is 7.11 Å². The van der Waals surface area contributed by atoms with Gasteiger partial charge >= 0.3 is 0 Å². The first kappa shape index (κ1) is 9.16. The van der Waals surface area contributed by atoms with Crippen LogP contribution in [0.5, 0.6) is 5.88 Å². The smallest absolute Gasteiger partial charge is 0.212 e. The minimum atomic E-state index is 0.427. The summed E-state index contributed by atoms with van der Waals surface area (Å²) in [5, 5.41) is 3.63. The molecule has 1 atom stereocenters. The summed E-state index contributed by atoms with van der Waals surface area (Å²) in [5.41, 5.74) is 1.79. The molecular weight excluding hydrogens is 188 g/mol. The van der Waals surface area contributed by atoms with E-state index < -0.39 is 0 Å². The molecule has 1 N–H and O–H groups in total. The number of rotatable bonds is 2. The fourth-order valence-corrected chi connectivity index (χ4v) is 2.73. The summed E-state index contributed by atoms with van der Waals surface area (Å²) < 4.78 is 5.07. The van der Waals surface area contributed by atoms with E-state index in [4.69, 9.17) is 4.74 Å². The SMILES string of the molecule is COc1ccc(C2CCNC23CC3)cn1. The fourth-order valence-electron chi connectivity index (χ4n) is 2.73. The van der Waals surface area contributed by atoms with Crippen LogP contribution in [0.3, 0.4) is 0 Å². The van der Waals surface area contributed by atoms with Gasteiger partial charge in [-0.1, -0.05) is 6.07 Å². The van der Waals surface area contributed by atoms with Crippen LogP contribution in [-0.4, -0.2) is 24.2 Å². The third kappa shape index (κ3) is 1.42. The van der Waals surface area contributed by atoms with Crippen LogP contribution < -0.4 is 10.1 Å². The van der Waals surface area contributed by atoms with Crippen LogP contribution in [-0.2, 0) is 0 Å². The lowest BCUT2D eigenvalue weighted by Gasteiger charge is -2.18. The third-order valence-corrected chi connectivity index (χ3v) is 3.74. The molecule has 1 aliphatic heterocycles. The second-order valence-corrected chi connectivity index (χ2v) is 4.56. The number of hydrogen-bond acceptors (Lipinski definition) is 3. The van der Waals surface area contributed by atoms with E-state index in [9.17, 15) is 0 Å². The largest absolute Gasteiger partial charge is 0.481 e. The molecule has 3 heteroatoms. The van der Waals surface area contributed by atoms with Crippen molar-refractivity contribution in [2.75, 3.05) is 13.7 Å². The number of hydrogen-bond donors (Lipinski definition) is 1. The van der Waals surface area contributed by atoms with Gasteiger partial charge in [0.1, 0.15) is 0 Å². The zero-order valence-corrected chi connectivity index (χ0v) is 8.99. The van der Waals surface area contributed by atoms with Crippen LogP contribution in [0, 0.1) is 0 Å². The van der Waals surface area contributed by atoms with Crippen LogP contribution in [0.2, 0.25) is 0 Å². The van der Waals surface area contributed by atoms with Crippen molar-refractivity contribution in [3.8, 4) is 5.88 Å². The topological polar surface area (TPSA) is 34.1 Å². The molecule has 0 aromatic carbocycles. The molecule has 0 amide bonds. The van der Waals surface area contributed by atoms with Crippen LogP contribution in [0.1, 0.15) is 30.7 Å². The molecule has 1 saturated carbocycles. The molecule has 2 aliphatic rings. The van der Waals surface area contributed by atoms with Gasteiger partial charge in [-0.05, 0) is 31.4 Å². The van der Waals surface area contributed by atoms with Gasteiger partial charge in [0.25, 0.3) is 0 Å². The molecule has 15 heavy (non-hydrogen) atoms. The summed E-state index contributed by atoms with van der Waals surface area (Å²) in [4.78, 5) is 4.29. The van der Waals surface area contributed by atoms with Crippen molar-refractivity contribution in [2.45, 2.75) is 30.7 Å². The summed E-state index contributed by atoms with van der Waals surface area (Å²) in [7, 11) is 1.65. The second kappa shape index (κ2) is 3.20. The van der Waals surface area contributed by atoms with Gasteiger partial charge in [-0.25, -0.2) is 4.98 Å². The molecule has 3 nitrogen and oxygen atoms in total. The molecule has 1 aromatic heterocycles. The Morgan fingerprint density at radius 3 is 2.93 bits per heavy atom. The maximum absolute atomic E-state index is 5.07. The normalized spacial score (nSPS) is 26.9. The average Bonchev–Trinajstić information content (AvgIpc) is 2.92. The van der Waals surface area contributed by atoms with Crippen LogP contribution in [0.25, 0.3) is 0 Å². The molecule has 80 valence electrons. The molecule has 2 fully saturated rings. The number of nitrogens with one attached hydrogen (secondary N) is 1. The fraction of sp³-hybridized carbons (Fsp3) is 0.583. The van der Waals surface area contributed by atoms with E-state index in [0.717, 1.165) is 6.54 Å². The molecule has 1 saturated heterocycles. The van der Waals surface area contributed by atoms with Gasteiger partial charge in [-0.15, -0.1) is 0 Å². The standard InChI is InChI=1S/C12H16N2O/c1-15-11-3-2-9(8-13-11)10-4-7-14-12(10)5-6-12/h2-3,8,10,14H,4-7H2,1H3. The first-order chi connectivity index (χ1) is 7.34. The molecule has 1 spiro atoms. The van der Waals surface area contributed by atoms with Crippen LogP contribution >= 0.6 is 0 Å². The maximum atomic E-state index is 5.07. The van der Waals surface area contributed by atoms with Gasteiger partial charge in [0, 0.05) is 23.7 Å². The predicted octanol–water partition coefficient (Wildman–Crippen LogP) is 1.70. The highest BCUT2D eigenvalue weighted by Gasteiger charge is 2.52. The highest BCUT2D eigenvalue weighted by molar-refractivity contribution is 5.30. The quantitative estimate of drug-likeness (QED) is 0.796. The van der Waals surface area contributed by atoms with E-state index in [-0.39, 0.29) is 0 Å². The molecule has 1 aromatic rings. The van der Waals surface area contributed by atoms with Crippen molar-refractivity contribution in [3.63, 3.8) is 0 Å². The Morgan fingerprint density at radius 2 is 2.33 bits per heavy atom. The Morgan fingerprint density at radius 1 is 1.47 bits per heavy atom. The number of methoxy groups -OCH3 is 1. The Labute approximate surface area is 89.9 Å². The lowest BCUT2D eigenvalue weighted by molar-refractivity contribution is 0.397. The summed E-state index contributed by atoms with van der Waals surface area (Å²) in [6.45, 7) is 1.15. The van der Waals surface area contributed by atoms with Gasteiger partial charge in [-0.3, -0.25) is 0 Å². The van der Waals surface area contributed by atoms with Crippen LogP contribution in [0.4, 0.5) is 0 Å². The minimum Gasteiger partial charge on any atom is -0.481 e. The van der Waals surface area contributed by atoms with Gasteiger partial charge < -0.3 is 10.1 Å². The first-order valence-corrected chi connectivity index (χ1v) is 5.59. The van der Waals surface area contributed by atoms with Gasteiger partial charge in [0.15, 0.2) is 0 Å². The first-order valence-electron chi connectivity index (χ1n) is 5.59. The molecule has 2 heterocycles. The van der Waals surface area contributed by atoms with E-state index in [1.807, 2.05) is 12.3 Å². The zero-order valence-electron chi connectivity index (χ0n) is 8.99. The number of pyridine rings is 1. The molecular formula is C12H16N2O. The Balaban J connectivity index is 1.86. The van der Waals surface area contributed by atoms with Gasteiger partial charge in [0.2, 0.25) is 5.88 Å². The van der Waals surface area contributed by atoms with E-state index in [1.165, 1.54) is 24.8 Å². The highest BCUT2D eigenvalue weighted by Crippen LogP contribution is 2.51. The summed E-state index contributed by atoms with van der Waals surface area (Å²) in [5.74, 6) is 1.37. The lowest BCUT2D eigenvalue weighted by atomic mass is 9.91. The van der Waals surface area contributed by atoms with E-state index >= 15 is 0 Å². The summed E-state index contributed by atoms with van der Waals surface area (Å²) in [6.07, 6.45) is 5.86. The second-order valence-electron chi connectivity index (χ2n) is 4.56. The molecule has 1 unspecified atom stereocenters. The van der Waals surface area contributed by atoms with Crippen molar-refractivity contribution < 1.29 is 4.74 Å². The Bertz CT molecular complexity index is 356. The predicted molar refractivity (Wildman–Crippen MR) is 58.1 cm³/mol. The summed E-state index contributed by atoms with van der Waals surface area (Å²) >= 11 is 0. The molecule has 0 bridgehead atoms. The van der Waals surface area contributed by atoms with Crippen molar-refractivity contribution in [3.05, 3.63) is 23.9 Å². The highest BCUT2D eigenvalue weighted by atomic mass is 16.5. The summed E-state index contributed by atoms with van der Waals surface area (Å²) in [6, 6.07) is 4.12. The van der Waals surface area contributed by atoms with Crippen LogP contribution in [0.15, 0.2) is 18.3 Å². The van der Waals surface area contributed by atoms with E-state index in [1.54, 1.807) is 7.11 Å². The molecule has 0 radical (unpaired) electrons. The Hall–Kier alpha value is -1.09. The number of aromatic nitrogens is 1. The molecule has 3 rings (SSSR count). The average molecular weight is 204 g/mol. The molecule has 1 aliphatic carbocycles. The van der Waals surface area contributed by atoms with E-state index in [0.29, 0.717) is 17.3 Å². The lowest BCUT2D eigenvalue weighted by Crippen LogP contribution is -2.27. The Kier molecular flexibility index (Phi) is 1.96. The number of ether oxygens (including phenoxy) is 1. The zero-order chi connectivity index (χ0) is 10.3. The van der Waals surface area contributed by atoms with E-state index in [2.05, 4.69) is 16.4 Å². The number of nitrogens with zero attached hydrogens (tertiary/aromatic N) is 1. The maximum Gasteiger partial charge on any atom is 0.212 e. The van der Waals surface area contributed by atoms with Crippen molar-refractivity contribution in [1.82, 2.24) is 10.3 Å². The van der Waals surface area contributed by atoms with Crippen molar-refractivity contribution in [1.29, 1.82) is 0 Å². The minimum absolute atomic E-state index is 0.427.